The number of aromatic nitrogens is 6. The number of hydrogen-bond acceptors (Lipinski definition) is 16. The number of rotatable bonds is 21. The number of carbonyl (C=O) groups is 2. The molecule has 2 unspecified atom stereocenters. The van der Waals surface area contributed by atoms with E-state index < -0.39 is 18.1 Å². The normalized spacial score (nSPS) is 15.5. The van der Waals surface area contributed by atoms with Gasteiger partial charge in [-0.25, -0.2) is 4.68 Å². The molecule has 3 aromatic rings. The molecule has 4 heterocycles. The van der Waals surface area contributed by atoms with Crippen molar-refractivity contribution >= 4 is 29.7 Å². The van der Waals surface area contributed by atoms with Crippen molar-refractivity contribution in [1.82, 2.24) is 34.8 Å². The van der Waals surface area contributed by atoms with Crippen LogP contribution in [0.4, 0.5) is 17.8 Å². The minimum Gasteiger partial charge on any atom is -1.00 e. The van der Waals surface area contributed by atoms with Crippen LogP contribution >= 0.6 is 0 Å². The minimum atomic E-state index is -1.02. The van der Waals surface area contributed by atoms with Crippen LogP contribution in [0.5, 0.6) is 5.75 Å². The largest absolute Gasteiger partial charge is 1.00 e. The number of nitrogens with zero attached hydrogens (tertiary/aromatic N) is 9. The van der Waals surface area contributed by atoms with Crippen molar-refractivity contribution in [2.45, 2.75) is 31.3 Å². The Bertz CT molecular complexity index is 1660. The Morgan fingerprint density at radius 2 is 1.56 bits per heavy atom. The highest BCUT2D eigenvalue weighted by Crippen LogP contribution is 2.23. The van der Waals surface area contributed by atoms with Crippen LogP contribution in [0, 0.1) is 12.3 Å². The summed E-state index contributed by atoms with van der Waals surface area (Å²) in [5.74, 6) is 2.71. The highest BCUT2D eigenvalue weighted by molar-refractivity contribution is 5.81. The molecule has 2 aliphatic heterocycles. The average Bonchev–Trinajstić information content (AvgIpc) is 3.68. The highest BCUT2D eigenvalue weighted by Gasteiger charge is 2.32. The van der Waals surface area contributed by atoms with E-state index in [0.29, 0.717) is 122 Å². The summed E-state index contributed by atoms with van der Waals surface area (Å²) in [7, 11) is 0. The van der Waals surface area contributed by atoms with Crippen LogP contribution in [0.2, 0.25) is 0 Å². The summed E-state index contributed by atoms with van der Waals surface area (Å²) in [6.07, 6.45) is 7.01. The van der Waals surface area contributed by atoms with Crippen molar-refractivity contribution < 1.29 is 51.2 Å². The molecule has 5 rings (SSSR count). The predicted octanol–water partition coefficient (Wildman–Crippen LogP) is -2.90. The smallest absolute Gasteiger partial charge is 0.303 e. The number of morpholine rings is 1. The van der Waals surface area contributed by atoms with Gasteiger partial charge in [-0.1, -0.05) is 23.3 Å². The van der Waals surface area contributed by atoms with Gasteiger partial charge in [0.25, 0.3) is 0 Å². The number of piperazine rings is 1. The first-order chi connectivity index (χ1) is 26.3. The maximum Gasteiger partial charge on any atom is 0.303 e. The first-order valence-electron chi connectivity index (χ1n) is 18.0. The molecule has 1 amide bonds. The molecule has 2 aliphatic rings. The molecule has 0 aliphatic carbocycles. The molecule has 300 valence electrons. The van der Waals surface area contributed by atoms with Gasteiger partial charge in [-0.05, 0) is 30.5 Å². The number of amides is 1. The maximum absolute atomic E-state index is 13.9. The second-order valence-corrected chi connectivity index (χ2v) is 12.6. The molecule has 0 bridgehead atoms. The summed E-state index contributed by atoms with van der Waals surface area (Å²) in [5, 5.41) is 30.7. The zero-order valence-electron chi connectivity index (χ0n) is 30.7. The Morgan fingerprint density at radius 1 is 0.927 bits per heavy atom. The fourth-order valence-electron chi connectivity index (χ4n) is 5.85. The lowest BCUT2D eigenvalue weighted by atomic mass is 10.0. The van der Waals surface area contributed by atoms with Gasteiger partial charge < -0.3 is 67.3 Å². The quantitative estimate of drug-likeness (QED) is 0.0627. The molecule has 20 heteroatoms. The number of terminal acetylenes is 1. The summed E-state index contributed by atoms with van der Waals surface area (Å²) in [6, 6.07) is 5.31. The van der Waals surface area contributed by atoms with E-state index in [-0.39, 0.29) is 43.5 Å². The van der Waals surface area contributed by atoms with Crippen LogP contribution in [0.15, 0.2) is 30.5 Å². The summed E-state index contributed by atoms with van der Waals surface area (Å²) >= 11 is 0. The van der Waals surface area contributed by atoms with Crippen LogP contribution in [0.3, 0.4) is 0 Å². The molecule has 2 aromatic heterocycles. The lowest BCUT2D eigenvalue weighted by molar-refractivity contribution is -0.138. The fraction of sp³-hybridized carbons (Fsp3) is 0.571. The average molecular weight is 787 g/mol. The summed E-state index contributed by atoms with van der Waals surface area (Å²) < 4.78 is 23.2. The van der Waals surface area contributed by atoms with E-state index in [9.17, 15) is 19.8 Å². The van der Waals surface area contributed by atoms with Crippen molar-refractivity contribution in [2.24, 2.45) is 5.73 Å². The van der Waals surface area contributed by atoms with Crippen molar-refractivity contribution in [3.8, 4) is 18.1 Å². The minimum absolute atomic E-state index is 0. The van der Waals surface area contributed by atoms with Crippen molar-refractivity contribution in [1.29, 1.82) is 0 Å². The molecule has 0 radical (unpaired) electrons. The number of nitrogens with two attached hydrogens (primary N) is 1. The second-order valence-electron chi connectivity index (χ2n) is 12.6. The van der Waals surface area contributed by atoms with Gasteiger partial charge in [-0.3, -0.25) is 9.59 Å². The van der Waals surface area contributed by atoms with Gasteiger partial charge in [0, 0.05) is 52.2 Å². The third-order valence-electron chi connectivity index (χ3n) is 8.77. The molecule has 0 saturated carbocycles. The highest BCUT2D eigenvalue weighted by atomic mass is 35.5. The Morgan fingerprint density at radius 3 is 2.22 bits per heavy atom. The first-order valence-corrected chi connectivity index (χ1v) is 18.0. The number of ether oxygens (including phenoxy) is 4. The molecule has 5 N–H and O–H groups in total. The summed E-state index contributed by atoms with van der Waals surface area (Å²) in [4.78, 5) is 45.4. The fourth-order valence-corrected chi connectivity index (χ4v) is 5.85. The Labute approximate surface area is 325 Å². The van der Waals surface area contributed by atoms with Gasteiger partial charge in [-0.15, -0.1) is 11.5 Å². The maximum atomic E-state index is 13.9. The standard InChI is InChI=1S/C35H49N11O8.ClH/c1-2-16-51-20-22-54-23-21-52-17-9-37-33-38-34(40-35(39-33)45-14-18-53-19-15-45)44-12-10-43(11-13-44)32(50)30(7-8-31(48)49)46-25-29(41-42-46)28(36)24-26-3-5-27(47)6-4-26;/h1,3-6,25,28,30,47H,7-24,36H2,(H,48,49)(H,37,38,39,40);1H/p-1. The van der Waals surface area contributed by atoms with Crippen molar-refractivity contribution in [3.63, 3.8) is 0 Å². The number of phenolic OH excluding ortho intramolecular Hbond substituents is 1. The number of phenols is 1. The van der Waals surface area contributed by atoms with Crippen LogP contribution in [-0.4, -0.2) is 156 Å². The number of carboxylic acids is 1. The van der Waals surface area contributed by atoms with Gasteiger partial charge in [0.1, 0.15) is 18.4 Å². The van der Waals surface area contributed by atoms with Gasteiger partial charge >= 0.3 is 5.97 Å². The molecule has 0 spiro atoms. The van der Waals surface area contributed by atoms with E-state index in [0.717, 1.165) is 5.56 Å². The number of halogens is 1. The Hall–Kier alpha value is -4.84. The van der Waals surface area contributed by atoms with Gasteiger partial charge in [0.15, 0.2) is 0 Å². The lowest BCUT2D eigenvalue weighted by Gasteiger charge is -2.36. The lowest BCUT2D eigenvalue weighted by Crippen LogP contribution is -3.00. The molecule has 55 heavy (non-hydrogen) atoms. The molecule has 2 saturated heterocycles. The van der Waals surface area contributed by atoms with Crippen LogP contribution in [0.1, 0.15) is 36.2 Å². The van der Waals surface area contributed by atoms with Crippen LogP contribution < -0.4 is 33.3 Å². The number of benzene rings is 1. The Balaban J connectivity index is 0.00000673. The van der Waals surface area contributed by atoms with E-state index in [1.807, 2.05) is 4.90 Å². The molecule has 2 fully saturated rings. The molecular weight excluding hydrogens is 738 g/mol. The van der Waals surface area contributed by atoms with Crippen molar-refractivity contribution in [2.75, 3.05) is 114 Å². The zero-order valence-corrected chi connectivity index (χ0v) is 31.4. The number of hydrogen-bond donors (Lipinski definition) is 4. The summed E-state index contributed by atoms with van der Waals surface area (Å²) in [6.45, 7) is 6.89. The van der Waals surface area contributed by atoms with E-state index >= 15 is 0 Å². The van der Waals surface area contributed by atoms with Gasteiger partial charge in [0.2, 0.25) is 23.8 Å². The van der Waals surface area contributed by atoms with Gasteiger partial charge in [-0.2, -0.15) is 15.0 Å². The third kappa shape index (κ3) is 13.5. The predicted molar refractivity (Wildman–Crippen MR) is 196 cm³/mol. The number of nitrogens with one attached hydrogen (secondary N) is 1. The second kappa shape index (κ2) is 22.5. The zero-order chi connectivity index (χ0) is 38.1. The number of aliphatic carboxylic acids is 1. The Kier molecular flexibility index (Phi) is 17.6. The van der Waals surface area contributed by atoms with Crippen LogP contribution in [0.25, 0.3) is 0 Å². The molecule has 2 atom stereocenters. The number of anilines is 3. The first kappa shape index (κ1) is 42.9. The van der Waals surface area contributed by atoms with Gasteiger partial charge in [0.05, 0.1) is 64.2 Å². The molecule has 1 aromatic carbocycles. The molecule has 19 nitrogen and oxygen atoms in total. The third-order valence-corrected chi connectivity index (χ3v) is 8.77. The molecular formula is C35H49ClN11O8-. The van der Waals surface area contributed by atoms with Crippen molar-refractivity contribution in [3.05, 3.63) is 41.7 Å². The van der Waals surface area contributed by atoms with E-state index in [1.54, 1.807) is 35.4 Å². The van der Waals surface area contributed by atoms with E-state index in [4.69, 9.17) is 41.1 Å². The van der Waals surface area contributed by atoms with Crippen LogP contribution in [-0.2, 0) is 35.0 Å². The number of aromatic hydroxyl groups is 1. The number of carboxylic acid groups (broad SMARTS) is 1. The summed E-state index contributed by atoms with van der Waals surface area (Å²) in [5.41, 5.74) is 7.78. The number of carbonyl (C=O) groups excluding carboxylic acids is 1. The topological polar surface area (TPSA) is 229 Å². The van der Waals surface area contributed by atoms with E-state index in [2.05, 4.69) is 31.4 Å². The van der Waals surface area contributed by atoms with E-state index in [1.165, 1.54) is 4.68 Å². The monoisotopic (exact) mass is 786 g/mol. The SMILES string of the molecule is C#CCOCCOCCOCCNc1nc(N2CCOCC2)nc(N2CCN(C(=O)C(CCC(=O)O)n3cc(C(N)Cc4ccc(O)cc4)nn3)CC2)n1.[Cl-].